The Bertz CT molecular complexity index is 1390. The van der Waals surface area contributed by atoms with Crippen LogP contribution < -0.4 is 5.32 Å². The fraction of sp³-hybridized carbons (Fsp3) is 0.355. The number of carbonyl (C=O) groups is 2. The number of hydrogen-bond acceptors (Lipinski definition) is 4. The molecule has 0 bridgehead atoms. The predicted octanol–water partition coefficient (Wildman–Crippen LogP) is 5.78. The molecule has 0 spiro atoms. The lowest BCUT2D eigenvalue weighted by molar-refractivity contribution is -0.137. The van der Waals surface area contributed by atoms with E-state index < -0.39 is 11.6 Å². The van der Waals surface area contributed by atoms with Crippen LogP contribution in [-0.4, -0.2) is 58.3 Å². The number of aliphatic carboxylic acids is 1. The van der Waals surface area contributed by atoms with Crippen molar-refractivity contribution in [3.8, 4) is 0 Å². The fourth-order valence-corrected chi connectivity index (χ4v) is 4.68. The number of hydrogen-bond donors (Lipinski definition) is 3. The zero-order valence-electron chi connectivity index (χ0n) is 22.4. The minimum atomic E-state index is -0.859. The van der Waals surface area contributed by atoms with E-state index >= 15 is 0 Å². The normalized spacial score (nSPS) is 12.5. The van der Waals surface area contributed by atoms with Crippen LogP contribution in [-0.2, 0) is 22.4 Å². The summed E-state index contributed by atoms with van der Waals surface area (Å²) in [4.78, 5) is 29.6. The van der Waals surface area contributed by atoms with Gasteiger partial charge >= 0.3 is 12.1 Å². The molecule has 38 heavy (non-hydrogen) atoms. The van der Waals surface area contributed by atoms with Crippen molar-refractivity contribution in [1.82, 2.24) is 15.2 Å². The number of aromatic nitrogens is 1. The highest BCUT2D eigenvalue weighted by Gasteiger charge is 2.23. The molecule has 3 aromatic carbocycles. The van der Waals surface area contributed by atoms with E-state index in [0.29, 0.717) is 32.5 Å². The number of nitrogens with one attached hydrogen (secondary N) is 2. The van der Waals surface area contributed by atoms with Gasteiger partial charge in [0, 0.05) is 42.8 Å². The highest BCUT2D eigenvalue weighted by atomic mass is 16.6. The Morgan fingerprint density at radius 3 is 2.50 bits per heavy atom. The third-order valence-electron chi connectivity index (χ3n) is 6.51. The van der Waals surface area contributed by atoms with Gasteiger partial charge in [-0.15, -0.1) is 0 Å². The minimum absolute atomic E-state index is 0.0109. The Morgan fingerprint density at radius 1 is 1.00 bits per heavy atom. The first-order chi connectivity index (χ1) is 18.2. The number of para-hydroxylation sites is 1. The summed E-state index contributed by atoms with van der Waals surface area (Å²) in [6.07, 6.45) is 2.82. The fourth-order valence-electron chi connectivity index (χ4n) is 4.68. The maximum atomic E-state index is 13.0. The van der Waals surface area contributed by atoms with E-state index in [1.807, 2.05) is 63.4 Å². The predicted molar refractivity (Wildman–Crippen MR) is 152 cm³/mol. The van der Waals surface area contributed by atoms with E-state index in [2.05, 4.69) is 40.6 Å². The standard InChI is InChI=1S/C31H37N3O4/c1-31(2,3)38-30(37)34(16-14-22-12-13-23-8-4-5-9-24(23)18-22)17-15-32-26(20-29(35)36)19-25-21-33-28-11-7-6-10-27(25)28/h4-13,18,21,26,32-33H,14-17,19-20H2,1-3H3,(H,35,36)/t26-/m0/s1. The van der Waals surface area contributed by atoms with Crippen molar-refractivity contribution in [3.63, 3.8) is 0 Å². The maximum Gasteiger partial charge on any atom is 0.410 e. The number of benzene rings is 3. The van der Waals surface area contributed by atoms with Gasteiger partial charge in [-0.1, -0.05) is 60.7 Å². The maximum absolute atomic E-state index is 13.0. The monoisotopic (exact) mass is 515 g/mol. The van der Waals surface area contributed by atoms with Crippen LogP contribution in [0.2, 0.25) is 0 Å². The van der Waals surface area contributed by atoms with Gasteiger partial charge in [0.2, 0.25) is 0 Å². The lowest BCUT2D eigenvalue weighted by Gasteiger charge is -2.28. The summed E-state index contributed by atoms with van der Waals surface area (Å²) in [7, 11) is 0. The van der Waals surface area contributed by atoms with Crippen molar-refractivity contribution in [2.45, 2.75) is 51.7 Å². The van der Waals surface area contributed by atoms with Crippen LogP contribution in [0.3, 0.4) is 0 Å². The van der Waals surface area contributed by atoms with Gasteiger partial charge in [0.05, 0.1) is 6.42 Å². The SMILES string of the molecule is CC(C)(C)OC(=O)N(CCN[C@H](CC(=O)O)Cc1c[nH]c2ccccc12)CCc1ccc2ccccc2c1. The smallest absolute Gasteiger partial charge is 0.410 e. The number of carboxylic acid groups (broad SMARTS) is 1. The van der Waals surface area contributed by atoms with Crippen LogP contribution in [0.5, 0.6) is 0 Å². The lowest BCUT2D eigenvalue weighted by atomic mass is 10.0. The molecule has 200 valence electrons. The first-order valence-electron chi connectivity index (χ1n) is 13.1. The van der Waals surface area contributed by atoms with Gasteiger partial charge in [0.1, 0.15) is 5.60 Å². The highest BCUT2D eigenvalue weighted by molar-refractivity contribution is 5.84. The first kappa shape index (κ1) is 27.2. The summed E-state index contributed by atoms with van der Waals surface area (Å²) in [6, 6.07) is 22.3. The van der Waals surface area contributed by atoms with Crippen LogP contribution in [0.15, 0.2) is 72.9 Å². The number of amides is 1. The molecule has 0 aliphatic heterocycles. The number of nitrogens with zero attached hydrogens (tertiary/aromatic N) is 1. The second kappa shape index (κ2) is 12.1. The van der Waals surface area contributed by atoms with E-state index in [1.165, 1.54) is 10.8 Å². The van der Waals surface area contributed by atoms with Gasteiger partial charge in [-0.3, -0.25) is 4.79 Å². The molecule has 3 N–H and O–H groups in total. The average Bonchev–Trinajstić information content (AvgIpc) is 3.27. The van der Waals surface area contributed by atoms with Crippen molar-refractivity contribution >= 4 is 33.7 Å². The van der Waals surface area contributed by atoms with Crippen LogP contribution in [0.4, 0.5) is 4.79 Å². The second-order valence-corrected chi connectivity index (χ2v) is 10.7. The van der Waals surface area contributed by atoms with E-state index in [1.54, 1.807) is 4.90 Å². The van der Waals surface area contributed by atoms with Gasteiger partial charge in [0.25, 0.3) is 0 Å². The summed E-state index contributed by atoms with van der Waals surface area (Å²) in [5.74, 6) is -0.859. The van der Waals surface area contributed by atoms with E-state index in [-0.39, 0.29) is 18.6 Å². The Kier molecular flexibility index (Phi) is 8.69. The van der Waals surface area contributed by atoms with E-state index in [4.69, 9.17) is 4.74 Å². The number of rotatable bonds is 11. The summed E-state index contributed by atoms with van der Waals surface area (Å²) in [6.45, 7) is 6.93. The number of carbonyl (C=O) groups excluding carboxylic acids is 1. The molecule has 7 heteroatoms. The second-order valence-electron chi connectivity index (χ2n) is 10.7. The molecule has 7 nitrogen and oxygen atoms in total. The number of aromatic amines is 1. The van der Waals surface area contributed by atoms with Crippen molar-refractivity contribution < 1.29 is 19.4 Å². The Morgan fingerprint density at radius 2 is 1.74 bits per heavy atom. The molecular weight excluding hydrogens is 478 g/mol. The molecule has 0 unspecified atom stereocenters. The first-order valence-corrected chi connectivity index (χ1v) is 13.1. The topological polar surface area (TPSA) is 94.7 Å². The van der Waals surface area contributed by atoms with Gasteiger partial charge in [-0.25, -0.2) is 4.79 Å². The van der Waals surface area contributed by atoms with Crippen LogP contribution >= 0.6 is 0 Å². The zero-order chi connectivity index (χ0) is 27.1. The van der Waals surface area contributed by atoms with Gasteiger partial charge in [-0.2, -0.15) is 0 Å². The number of fused-ring (bicyclic) bond motifs is 2. The van der Waals surface area contributed by atoms with Crippen molar-refractivity contribution in [1.29, 1.82) is 0 Å². The van der Waals surface area contributed by atoms with E-state index in [0.717, 1.165) is 22.0 Å². The molecule has 0 aliphatic carbocycles. The third kappa shape index (κ3) is 7.59. The summed E-state index contributed by atoms with van der Waals surface area (Å²) in [5.41, 5.74) is 2.64. The molecule has 4 aromatic rings. The number of H-pyrrole nitrogens is 1. The zero-order valence-corrected chi connectivity index (χ0v) is 22.4. The lowest BCUT2D eigenvalue weighted by Crippen LogP contribution is -2.44. The molecular formula is C31H37N3O4. The molecule has 0 saturated carbocycles. The molecule has 1 aromatic heterocycles. The van der Waals surface area contributed by atoms with Gasteiger partial charge in [0.15, 0.2) is 0 Å². The molecule has 1 atom stereocenters. The Balaban J connectivity index is 1.41. The summed E-state index contributed by atoms with van der Waals surface area (Å²) < 4.78 is 5.68. The highest BCUT2D eigenvalue weighted by Crippen LogP contribution is 2.20. The number of ether oxygens (including phenoxy) is 1. The van der Waals surface area contributed by atoms with Crippen molar-refractivity contribution in [2.75, 3.05) is 19.6 Å². The summed E-state index contributed by atoms with van der Waals surface area (Å²) >= 11 is 0. The largest absolute Gasteiger partial charge is 0.481 e. The van der Waals surface area contributed by atoms with Crippen LogP contribution in [0, 0.1) is 0 Å². The van der Waals surface area contributed by atoms with Crippen molar-refractivity contribution in [2.24, 2.45) is 0 Å². The molecule has 1 amide bonds. The molecule has 0 aliphatic rings. The van der Waals surface area contributed by atoms with E-state index in [9.17, 15) is 14.7 Å². The molecule has 0 saturated heterocycles. The van der Waals surface area contributed by atoms with Gasteiger partial charge < -0.3 is 25.0 Å². The molecule has 0 radical (unpaired) electrons. The van der Waals surface area contributed by atoms with Gasteiger partial charge in [-0.05, 0) is 61.6 Å². The van der Waals surface area contributed by atoms with Crippen LogP contribution in [0.1, 0.15) is 38.3 Å². The third-order valence-corrected chi connectivity index (χ3v) is 6.51. The number of carboxylic acids is 1. The molecule has 0 fully saturated rings. The minimum Gasteiger partial charge on any atom is -0.481 e. The Hall–Kier alpha value is -3.84. The quantitative estimate of drug-likeness (QED) is 0.236. The average molecular weight is 516 g/mol. The van der Waals surface area contributed by atoms with Crippen LogP contribution in [0.25, 0.3) is 21.7 Å². The Labute approximate surface area is 223 Å². The summed E-state index contributed by atoms with van der Waals surface area (Å²) in [5, 5.41) is 16.3. The molecule has 1 heterocycles. The molecule has 4 rings (SSSR count). The van der Waals surface area contributed by atoms with Crippen molar-refractivity contribution in [3.05, 3.63) is 84.1 Å².